The van der Waals surface area contributed by atoms with Gasteiger partial charge in [-0.2, -0.15) is 0 Å². The van der Waals surface area contributed by atoms with E-state index in [-0.39, 0.29) is 17.7 Å². The van der Waals surface area contributed by atoms with Gasteiger partial charge in [-0.1, -0.05) is 56.8 Å². The van der Waals surface area contributed by atoms with Crippen molar-refractivity contribution in [3.05, 3.63) is 40.3 Å². The summed E-state index contributed by atoms with van der Waals surface area (Å²) >= 11 is 0. The fraction of sp³-hybridized carbons (Fsp3) is 0.656. The number of aromatic nitrogens is 2. The average molecular weight is 578 g/mol. The lowest BCUT2D eigenvalue weighted by molar-refractivity contribution is -0.134. The minimum Gasteiger partial charge on any atom is -0.476 e. The molecule has 226 valence electrons. The zero-order chi connectivity index (χ0) is 29.5. The van der Waals surface area contributed by atoms with Crippen LogP contribution in [0.25, 0.3) is 11.0 Å². The van der Waals surface area contributed by atoms with Crippen molar-refractivity contribution in [2.75, 3.05) is 0 Å². The summed E-state index contributed by atoms with van der Waals surface area (Å²) in [6.07, 6.45) is 12.2. The summed E-state index contributed by atoms with van der Waals surface area (Å²) in [6.45, 7) is 3.44. The molecule has 3 heterocycles. The zero-order valence-corrected chi connectivity index (χ0v) is 24.7. The van der Waals surface area contributed by atoms with Crippen molar-refractivity contribution in [1.29, 1.82) is 0 Å². The van der Waals surface area contributed by atoms with Gasteiger partial charge in [-0.15, -0.1) is 0 Å². The van der Waals surface area contributed by atoms with Gasteiger partial charge in [0.2, 0.25) is 11.8 Å². The third-order valence-corrected chi connectivity index (χ3v) is 10.3. The SMILES string of the molecule is CC(C)C(O/N=C(\C(=O)O)c1nc2ccccc2n([C@H]2C[C@H]3CCC[C@@H](C2)N3[C@H]2C[C@@H]3CCC[C@@H](C3)C2)c1=O)C(N)=O. The van der Waals surface area contributed by atoms with Gasteiger partial charge in [0.15, 0.2) is 5.69 Å². The number of carboxylic acids is 1. The van der Waals surface area contributed by atoms with E-state index < -0.39 is 29.3 Å². The third-order valence-electron chi connectivity index (χ3n) is 10.3. The molecule has 4 fully saturated rings. The first-order chi connectivity index (χ1) is 20.2. The van der Waals surface area contributed by atoms with E-state index in [2.05, 4.69) is 15.0 Å². The van der Waals surface area contributed by atoms with E-state index in [9.17, 15) is 19.5 Å². The quantitative estimate of drug-likeness (QED) is 0.353. The van der Waals surface area contributed by atoms with Crippen LogP contribution in [0, 0.1) is 17.8 Å². The number of hydrogen-bond acceptors (Lipinski definition) is 7. The number of aliphatic carboxylic acids is 1. The van der Waals surface area contributed by atoms with Crippen molar-refractivity contribution in [3.63, 3.8) is 0 Å². The molecule has 4 bridgehead atoms. The molecule has 1 aromatic heterocycles. The van der Waals surface area contributed by atoms with Crippen molar-refractivity contribution >= 4 is 28.6 Å². The fourth-order valence-corrected chi connectivity index (χ4v) is 8.60. The molecule has 6 rings (SSSR count). The molecule has 3 N–H and O–H groups in total. The minimum atomic E-state index is -1.46. The number of primary amides is 1. The Morgan fingerprint density at radius 2 is 1.60 bits per heavy atom. The second kappa shape index (κ2) is 11.8. The van der Waals surface area contributed by atoms with Crippen LogP contribution in [0.4, 0.5) is 0 Å². The molecular weight excluding hydrogens is 534 g/mol. The molecule has 2 saturated carbocycles. The molecule has 2 aliphatic carbocycles. The average Bonchev–Trinajstić information content (AvgIpc) is 2.94. The van der Waals surface area contributed by atoms with Gasteiger partial charge >= 0.3 is 5.97 Å². The van der Waals surface area contributed by atoms with Gasteiger partial charge < -0.3 is 20.2 Å². The first kappa shape index (κ1) is 28.8. The number of rotatable bonds is 8. The Bertz CT molecular complexity index is 1410. The number of nitrogens with zero attached hydrogens (tertiary/aromatic N) is 4. The Morgan fingerprint density at radius 3 is 2.21 bits per heavy atom. The molecule has 4 aliphatic rings. The number of piperidine rings is 2. The van der Waals surface area contributed by atoms with Crippen molar-refractivity contribution < 1.29 is 19.5 Å². The maximum Gasteiger partial charge on any atom is 0.360 e. The van der Waals surface area contributed by atoms with E-state index >= 15 is 0 Å². The predicted octanol–water partition coefficient (Wildman–Crippen LogP) is 4.24. The molecule has 42 heavy (non-hydrogen) atoms. The maximum atomic E-state index is 14.2. The largest absolute Gasteiger partial charge is 0.476 e. The van der Waals surface area contributed by atoms with E-state index in [4.69, 9.17) is 10.6 Å². The number of para-hydroxylation sites is 2. The molecule has 1 amide bonds. The Morgan fingerprint density at radius 1 is 0.952 bits per heavy atom. The monoisotopic (exact) mass is 577 g/mol. The van der Waals surface area contributed by atoms with Crippen LogP contribution < -0.4 is 11.3 Å². The lowest BCUT2D eigenvalue weighted by atomic mass is 9.68. The van der Waals surface area contributed by atoms with Gasteiger partial charge in [-0.25, -0.2) is 9.78 Å². The van der Waals surface area contributed by atoms with Crippen molar-refractivity contribution in [2.24, 2.45) is 28.6 Å². The molecule has 2 aliphatic heterocycles. The maximum absolute atomic E-state index is 14.2. The Kier molecular flexibility index (Phi) is 8.09. The number of benzene rings is 1. The summed E-state index contributed by atoms with van der Waals surface area (Å²) in [4.78, 5) is 51.0. The predicted molar refractivity (Wildman–Crippen MR) is 159 cm³/mol. The van der Waals surface area contributed by atoms with Crippen LogP contribution in [0.1, 0.15) is 96.2 Å². The minimum absolute atomic E-state index is 0.0798. The van der Waals surface area contributed by atoms with E-state index in [1.807, 2.05) is 18.2 Å². The van der Waals surface area contributed by atoms with Crippen LogP contribution in [-0.4, -0.2) is 61.4 Å². The van der Waals surface area contributed by atoms with E-state index in [0.717, 1.165) is 37.5 Å². The Balaban J connectivity index is 1.36. The van der Waals surface area contributed by atoms with Crippen molar-refractivity contribution in [1.82, 2.24) is 14.5 Å². The highest BCUT2D eigenvalue weighted by Gasteiger charge is 2.45. The van der Waals surface area contributed by atoms with Gasteiger partial charge in [-0.3, -0.25) is 14.5 Å². The molecule has 10 nitrogen and oxygen atoms in total. The lowest BCUT2D eigenvalue weighted by Crippen LogP contribution is -2.58. The first-order valence-electron chi connectivity index (χ1n) is 15.8. The summed E-state index contributed by atoms with van der Waals surface area (Å²) in [6, 6.07) is 8.74. The van der Waals surface area contributed by atoms with Gasteiger partial charge in [0, 0.05) is 30.1 Å². The highest BCUT2D eigenvalue weighted by atomic mass is 16.6. The number of carbonyl (C=O) groups is 2. The molecule has 10 heteroatoms. The van der Waals surface area contributed by atoms with E-state index in [0.29, 0.717) is 29.2 Å². The molecule has 0 radical (unpaired) electrons. The second-order valence-corrected chi connectivity index (χ2v) is 13.4. The highest BCUT2D eigenvalue weighted by molar-refractivity contribution is 6.41. The number of hydrogen-bond donors (Lipinski definition) is 2. The molecule has 2 saturated heterocycles. The summed E-state index contributed by atoms with van der Waals surface area (Å²) in [7, 11) is 0. The normalized spacial score (nSPS) is 30.7. The molecule has 7 atom stereocenters. The van der Waals surface area contributed by atoms with Crippen molar-refractivity contribution in [2.45, 2.75) is 115 Å². The topological polar surface area (TPSA) is 140 Å². The number of fused-ring (bicyclic) bond motifs is 5. The fourth-order valence-electron chi connectivity index (χ4n) is 8.60. The number of carbonyl (C=O) groups excluding carboxylic acids is 1. The number of carboxylic acid groups (broad SMARTS) is 1. The molecule has 2 aromatic rings. The third kappa shape index (κ3) is 5.45. The number of oxime groups is 1. The van der Waals surface area contributed by atoms with Gasteiger partial charge in [0.05, 0.1) is 11.0 Å². The van der Waals surface area contributed by atoms with Crippen LogP contribution in [0.3, 0.4) is 0 Å². The van der Waals surface area contributed by atoms with E-state index in [1.165, 1.54) is 44.9 Å². The smallest absolute Gasteiger partial charge is 0.360 e. The summed E-state index contributed by atoms with van der Waals surface area (Å²) in [5.41, 5.74) is 5.23. The number of nitrogens with two attached hydrogens (primary N) is 1. The van der Waals surface area contributed by atoms with Crippen LogP contribution in [-0.2, 0) is 14.4 Å². The van der Waals surface area contributed by atoms with Gasteiger partial charge in [0.25, 0.3) is 11.5 Å². The number of amides is 1. The van der Waals surface area contributed by atoms with Gasteiger partial charge in [-0.05, 0) is 68.9 Å². The standard InChI is InChI=1S/C32H43N5O5/c1-18(2)29(30(33)38)42-35-28(32(40)41)27-31(39)37(26-12-4-3-11-25(26)34-27)24-16-21-9-6-10-22(17-24)36(21)23-14-19-7-5-8-20(13-19)15-23/h3-4,11-12,18-24,29H,5-10,13-17H2,1-2H3,(H2,33,38)(H,40,41)/b35-28-/t19-,20+,21-,22+,23+,24+,29?. The molecular formula is C32H43N5O5. The second-order valence-electron chi connectivity index (χ2n) is 13.4. The van der Waals surface area contributed by atoms with Gasteiger partial charge in [0.1, 0.15) is 0 Å². The zero-order valence-electron chi connectivity index (χ0n) is 24.7. The van der Waals surface area contributed by atoms with E-state index in [1.54, 1.807) is 24.5 Å². The molecule has 0 spiro atoms. The molecule has 1 unspecified atom stereocenters. The van der Waals surface area contributed by atoms with Crippen LogP contribution in [0.5, 0.6) is 0 Å². The lowest BCUT2D eigenvalue weighted by Gasteiger charge is -2.55. The van der Waals surface area contributed by atoms with Crippen LogP contribution in [0.15, 0.2) is 34.2 Å². The van der Waals surface area contributed by atoms with Crippen LogP contribution >= 0.6 is 0 Å². The first-order valence-corrected chi connectivity index (χ1v) is 15.8. The van der Waals surface area contributed by atoms with Crippen molar-refractivity contribution in [3.8, 4) is 0 Å². The van der Waals surface area contributed by atoms with Crippen LogP contribution in [0.2, 0.25) is 0 Å². The Hall–Kier alpha value is -3.27. The summed E-state index contributed by atoms with van der Waals surface area (Å²) < 4.78 is 1.77. The summed E-state index contributed by atoms with van der Waals surface area (Å²) in [5.74, 6) is -0.840. The summed E-state index contributed by atoms with van der Waals surface area (Å²) in [5, 5.41) is 13.9. The molecule has 1 aromatic carbocycles. The highest BCUT2D eigenvalue weighted by Crippen LogP contribution is 2.47. The Labute approximate surface area is 246 Å².